The van der Waals surface area contributed by atoms with E-state index in [9.17, 15) is 4.79 Å². The van der Waals surface area contributed by atoms with Gasteiger partial charge in [-0.15, -0.1) is 0 Å². The summed E-state index contributed by atoms with van der Waals surface area (Å²) in [7, 11) is 0. The molecule has 1 heterocycles. The maximum Gasteiger partial charge on any atom is 0.344 e. The zero-order chi connectivity index (χ0) is 15.1. The van der Waals surface area contributed by atoms with Gasteiger partial charge >= 0.3 is 5.97 Å². The summed E-state index contributed by atoms with van der Waals surface area (Å²) >= 11 is 0. The molecular weight excluding hydrogens is 274 g/mol. The Bertz CT molecular complexity index is 489. The summed E-state index contributed by atoms with van der Waals surface area (Å²) in [5.41, 5.74) is 6.48. The molecule has 0 atom stereocenters. The Labute approximate surface area is 124 Å². The van der Waals surface area contributed by atoms with Crippen LogP contribution in [0.15, 0.2) is 12.1 Å². The number of hydrogen-bond donors (Lipinski definition) is 1. The van der Waals surface area contributed by atoms with Gasteiger partial charge in [0, 0.05) is 6.07 Å². The normalized spacial score (nSPS) is 12.3. The quantitative estimate of drug-likeness (QED) is 0.580. The predicted octanol–water partition coefficient (Wildman–Crippen LogP) is 1.64. The van der Waals surface area contributed by atoms with Crippen molar-refractivity contribution in [2.24, 2.45) is 5.73 Å². The van der Waals surface area contributed by atoms with Gasteiger partial charge in [-0.1, -0.05) is 13.3 Å². The van der Waals surface area contributed by atoms with Gasteiger partial charge in [-0.3, -0.25) is 0 Å². The number of carbonyl (C=O) groups excluding carboxylic acids is 1. The standard InChI is InChI=1S/C15H21NO5/c1-2-3-6-18-15(17)9-19-12-8-14-13(20-10-21-14)7-11(12)4-5-16/h7-8H,2-6,9-10,16H2,1H3. The molecule has 0 amide bonds. The van der Waals surface area contributed by atoms with Crippen molar-refractivity contribution in [1.82, 2.24) is 0 Å². The van der Waals surface area contributed by atoms with Crippen LogP contribution in [0.2, 0.25) is 0 Å². The molecule has 1 aliphatic rings. The molecule has 116 valence electrons. The first-order valence-corrected chi connectivity index (χ1v) is 7.15. The molecule has 0 fully saturated rings. The molecule has 0 aromatic heterocycles. The van der Waals surface area contributed by atoms with Gasteiger partial charge in [0.2, 0.25) is 6.79 Å². The topological polar surface area (TPSA) is 80.0 Å². The fraction of sp³-hybridized carbons (Fsp3) is 0.533. The first-order chi connectivity index (χ1) is 10.2. The number of fused-ring (bicyclic) bond motifs is 1. The number of hydrogen-bond acceptors (Lipinski definition) is 6. The monoisotopic (exact) mass is 295 g/mol. The van der Waals surface area contributed by atoms with Crippen LogP contribution in [0.5, 0.6) is 17.2 Å². The highest BCUT2D eigenvalue weighted by Gasteiger charge is 2.18. The van der Waals surface area contributed by atoms with E-state index >= 15 is 0 Å². The minimum absolute atomic E-state index is 0.124. The molecule has 0 bridgehead atoms. The molecule has 0 saturated heterocycles. The van der Waals surface area contributed by atoms with Crippen LogP contribution in [0.4, 0.5) is 0 Å². The van der Waals surface area contributed by atoms with Gasteiger partial charge < -0.3 is 24.7 Å². The summed E-state index contributed by atoms with van der Waals surface area (Å²) < 4.78 is 21.2. The van der Waals surface area contributed by atoms with E-state index in [1.807, 2.05) is 13.0 Å². The van der Waals surface area contributed by atoms with Crippen LogP contribution in [-0.2, 0) is 16.0 Å². The van der Waals surface area contributed by atoms with Gasteiger partial charge in [-0.25, -0.2) is 4.79 Å². The van der Waals surface area contributed by atoms with Crippen LogP contribution in [0.1, 0.15) is 25.3 Å². The van der Waals surface area contributed by atoms with E-state index in [1.165, 1.54) is 0 Å². The minimum Gasteiger partial charge on any atom is -0.481 e. The highest BCUT2D eigenvalue weighted by Crippen LogP contribution is 2.38. The van der Waals surface area contributed by atoms with Crippen molar-refractivity contribution in [2.75, 3.05) is 26.6 Å². The van der Waals surface area contributed by atoms with E-state index in [0.717, 1.165) is 18.4 Å². The fourth-order valence-corrected chi connectivity index (χ4v) is 1.96. The van der Waals surface area contributed by atoms with Crippen LogP contribution in [0.3, 0.4) is 0 Å². The van der Waals surface area contributed by atoms with Crippen LogP contribution in [0.25, 0.3) is 0 Å². The second-order valence-corrected chi connectivity index (χ2v) is 4.71. The van der Waals surface area contributed by atoms with Crippen molar-refractivity contribution >= 4 is 5.97 Å². The number of unbranched alkanes of at least 4 members (excludes halogenated alkanes) is 1. The SMILES string of the molecule is CCCCOC(=O)COc1cc2c(cc1CCN)OCO2. The fourth-order valence-electron chi connectivity index (χ4n) is 1.96. The molecule has 1 aromatic rings. The summed E-state index contributed by atoms with van der Waals surface area (Å²) in [6.07, 6.45) is 2.47. The molecule has 1 aliphatic heterocycles. The van der Waals surface area contributed by atoms with Gasteiger partial charge in [0.15, 0.2) is 18.1 Å². The second-order valence-electron chi connectivity index (χ2n) is 4.71. The predicted molar refractivity (Wildman–Crippen MR) is 76.7 cm³/mol. The minimum atomic E-state index is -0.375. The number of rotatable bonds is 8. The first kappa shape index (κ1) is 15.4. The maximum absolute atomic E-state index is 11.6. The van der Waals surface area contributed by atoms with Crippen molar-refractivity contribution in [3.05, 3.63) is 17.7 Å². The zero-order valence-electron chi connectivity index (χ0n) is 12.2. The van der Waals surface area contributed by atoms with Gasteiger partial charge in [0.05, 0.1) is 6.61 Å². The van der Waals surface area contributed by atoms with Crippen molar-refractivity contribution in [1.29, 1.82) is 0 Å². The Balaban J connectivity index is 1.96. The summed E-state index contributed by atoms with van der Waals surface area (Å²) in [5.74, 6) is 1.50. The van der Waals surface area contributed by atoms with Crippen LogP contribution in [0, 0.1) is 0 Å². The molecule has 0 radical (unpaired) electrons. The largest absolute Gasteiger partial charge is 0.481 e. The van der Waals surface area contributed by atoms with Crippen molar-refractivity contribution in [2.45, 2.75) is 26.2 Å². The average Bonchev–Trinajstić information content (AvgIpc) is 2.92. The number of esters is 1. The van der Waals surface area contributed by atoms with Crippen molar-refractivity contribution in [3.8, 4) is 17.2 Å². The first-order valence-electron chi connectivity index (χ1n) is 7.15. The highest BCUT2D eigenvalue weighted by atomic mass is 16.7. The molecule has 6 heteroatoms. The van der Waals surface area contributed by atoms with E-state index < -0.39 is 0 Å². The second kappa shape index (κ2) is 7.73. The molecule has 1 aromatic carbocycles. The Kier molecular flexibility index (Phi) is 5.68. The Morgan fingerprint density at radius 3 is 2.81 bits per heavy atom. The van der Waals surface area contributed by atoms with Crippen molar-refractivity contribution < 1.29 is 23.7 Å². The molecule has 0 unspecified atom stereocenters. The lowest BCUT2D eigenvalue weighted by Crippen LogP contribution is -2.16. The van der Waals surface area contributed by atoms with E-state index in [-0.39, 0.29) is 19.4 Å². The summed E-state index contributed by atoms with van der Waals surface area (Å²) in [4.78, 5) is 11.6. The van der Waals surface area contributed by atoms with E-state index in [4.69, 9.17) is 24.7 Å². The summed E-state index contributed by atoms with van der Waals surface area (Å²) in [6, 6.07) is 3.57. The third-order valence-corrected chi connectivity index (χ3v) is 3.08. The Hall–Kier alpha value is -1.95. The molecular formula is C15H21NO5. The third-order valence-electron chi connectivity index (χ3n) is 3.08. The summed E-state index contributed by atoms with van der Waals surface area (Å²) in [6.45, 7) is 3.02. The summed E-state index contributed by atoms with van der Waals surface area (Å²) in [5, 5.41) is 0. The van der Waals surface area contributed by atoms with Crippen molar-refractivity contribution in [3.63, 3.8) is 0 Å². The van der Waals surface area contributed by atoms with E-state index in [1.54, 1.807) is 6.07 Å². The van der Waals surface area contributed by atoms with Crippen LogP contribution >= 0.6 is 0 Å². The molecule has 0 saturated carbocycles. The third kappa shape index (κ3) is 4.26. The van der Waals surface area contributed by atoms with Crippen LogP contribution < -0.4 is 19.9 Å². The lowest BCUT2D eigenvalue weighted by atomic mass is 10.1. The van der Waals surface area contributed by atoms with Crippen LogP contribution in [-0.4, -0.2) is 32.5 Å². The number of benzene rings is 1. The van der Waals surface area contributed by atoms with E-state index in [0.29, 0.717) is 36.8 Å². The Morgan fingerprint density at radius 1 is 1.33 bits per heavy atom. The van der Waals surface area contributed by atoms with Gasteiger partial charge in [-0.2, -0.15) is 0 Å². The van der Waals surface area contributed by atoms with E-state index in [2.05, 4.69) is 0 Å². The van der Waals surface area contributed by atoms with Gasteiger partial charge in [-0.05, 0) is 31.0 Å². The Morgan fingerprint density at radius 2 is 2.10 bits per heavy atom. The number of nitrogens with two attached hydrogens (primary N) is 1. The molecule has 6 nitrogen and oxygen atoms in total. The molecule has 0 spiro atoms. The maximum atomic E-state index is 11.6. The average molecular weight is 295 g/mol. The molecule has 0 aliphatic carbocycles. The molecule has 2 N–H and O–H groups in total. The molecule has 21 heavy (non-hydrogen) atoms. The smallest absolute Gasteiger partial charge is 0.344 e. The lowest BCUT2D eigenvalue weighted by molar-refractivity contribution is -0.146. The van der Waals surface area contributed by atoms with Gasteiger partial charge in [0.25, 0.3) is 0 Å². The zero-order valence-corrected chi connectivity index (χ0v) is 12.2. The van der Waals surface area contributed by atoms with Gasteiger partial charge in [0.1, 0.15) is 5.75 Å². The lowest BCUT2D eigenvalue weighted by Gasteiger charge is -2.12. The molecule has 2 rings (SSSR count). The number of ether oxygens (including phenoxy) is 4. The number of carbonyl (C=O) groups is 1. The highest BCUT2D eigenvalue weighted by molar-refractivity contribution is 5.71.